The van der Waals surface area contributed by atoms with E-state index in [1.165, 1.54) is 6.07 Å². The molecule has 0 aliphatic heterocycles. The lowest BCUT2D eigenvalue weighted by molar-refractivity contribution is 0.0337. The monoisotopic (exact) mass is 296 g/mol. The van der Waals surface area contributed by atoms with Crippen molar-refractivity contribution < 1.29 is 15.3 Å². The Kier molecular flexibility index (Phi) is 3.66. The number of hydrogen-bond donors (Lipinski definition) is 3. The number of phenols is 1. The topological polar surface area (TPSA) is 60.7 Å². The van der Waals surface area contributed by atoms with Crippen molar-refractivity contribution in [1.29, 1.82) is 0 Å². The first-order valence-corrected chi connectivity index (χ1v) is 6.40. The molecule has 2 unspecified atom stereocenters. The first kappa shape index (κ1) is 12.4. The van der Waals surface area contributed by atoms with Crippen LogP contribution in [0.4, 0.5) is 0 Å². The van der Waals surface area contributed by atoms with Crippen LogP contribution >= 0.6 is 15.9 Å². The molecule has 17 heavy (non-hydrogen) atoms. The summed E-state index contributed by atoms with van der Waals surface area (Å²) in [5, 5.41) is 31.4. The summed E-state index contributed by atoms with van der Waals surface area (Å²) < 4.78 is 0. The van der Waals surface area contributed by atoms with E-state index < -0.39 is 12.2 Å². The zero-order valence-electron chi connectivity index (χ0n) is 9.05. The number of aliphatic hydroxyl groups is 2. The molecule has 0 aliphatic rings. The van der Waals surface area contributed by atoms with Crippen LogP contribution in [-0.2, 0) is 0 Å². The largest absolute Gasteiger partial charge is 0.508 e. The van der Waals surface area contributed by atoms with Crippen LogP contribution in [0.25, 0.3) is 10.8 Å². The molecule has 0 spiro atoms. The van der Waals surface area contributed by atoms with Crippen LogP contribution in [0.3, 0.4) is 0 Å². The van der Waals surface area contributed by atoms with Crippen molar-refractivity contribution in [2.75, 3.05) is 5.33 Å². The molecule has 0 heterocycles. The zero-order chi connectivity index (χ0) is 12.4. The van der Waals surface area contributed by atoms with Gasteiger partial charge in [-0.15, -0.1) is 0 Å². The number of alkyl halides is 1. The van der Waals surface area contributed by atoms with Gasteiger partial charge in [0.2, 0.25) is 0 Å². The maximum atomic E-state index is 10.0. The number of phenolic OH excluding ortho intramolecular Hbond substituents is 1. The summed E-state index contributed by atoms with van der Waals surface area (Å²) in [5.74, 6) is -0.00352. The molecular weight excluding hydrogens is 284 g/mol. The molecule has 0 bridgehead atoms. The van der Waals surface area contributed by atoms with Crippen molar-refractivity contribution in [2.24, 2.45) is 0 Å². The van der Waals surface area contributed by atoms with E-state index in [2.05, 4.69) is 15.9 Å². The maximum absolute atomic E-state index is 10.0. The van der Waals surface area contributed by atoms with Gasteiger partial charge >= 0.3 is 0 Å². The van der Waals surface area contributed by atoms with Crippen molar-refractivity contribution in [2.45, 2.75) is 12.2 Å². The summed E-state index contributed by atoms with van der Waals surface area (Å²) >= 11 is 3.11. The second-order valence-electron chi connectivity index (χ2n) is 3.89. The molecule has 0 fully saturated rings. The maximum Gasteiger partial charge on any atom is 0.122 e. The second-order valence-corrected chi connectivity index (χ2v) is 4.53. The molecule has 0 saturated heterocycles. The Hall–Kier alpha value is -1.10. The molecule has 0 amide bonds. The Morgan fingerprint density at radius 2 is 1.76 bits per heavy atom. The van der Waals surface area contributed by atoms with E-state index in [-0.39, 0.29) is 11.1 Å². The molecule has 2 atom stereocenters. The number of aromatic hydroxyl groups is 1. The summed E-state index contributed by atoms with van der Waals surface area (Å²) in [5.41, 5.74) is 0.370. The molecule has 0 radical (unpaired) electrons. The summed E-state index contributed by atoms with van der Waals surface area (Å²) in [4.78, 5) is 0. The number of rotatable bonds is 3. The van der Waals surface area contributed by atoms with Gasteiger partial charge in [-0.05, 0) is 16.8 Å². The average Bonchev–Trinajstić information content (AvgIpc) is 2.37. The minimum atomic E-state index is -1.11. The Morgan fingerprint density at radius 1 is 1.06 bits per heavy atom. The molecule has 90 valence electrons. The summed E-state index contributed by atoms with van der Waals surface area (Å²) in [6.45, 7) is 0. The highest BCUT2D eigenvalue weighted by Gasteiger charge is 2.22. The van der Waals surface area contributed by atoms with Gasteiger partial charge in [0, 0.05) is 10.9 Å². The summed E-state index contributed by atoms with van der Waals surface area (Å²) in [6.07, 6.45) is -2.06. The van der Waals surface area contributed by atoms with Gasteiger partial charge in [-0.2, -0.15) is 0 Å². The number of benzene rings is 2. The molecule has 2 aromatic rings. The van der Waals surface area contributed by atoms with Crippen LogP contribution < -0.4 is 0 Å². The van der Waals surface area contributed by atoms with E-state index in [1.54, 1.807) is 6.07 Å². The number of fused-ring (bicyclic) bond motifs is 1. The Bertz CT molecular complexity index is 527. The fourth-order valence-corrected chi connectivity index (χ4v) is 2.23. The fourth-order valence-electron chi connectivity index (χ4n) is 1.87. The predicted molar refractivity (Wildman–Crippen MR) is 70.4 cm³/mol. The SMILES string of the molecule is Oc1ccc2ccccc2c1C(O)C(O)CBr. The lowest BCUT2D eigenvalue weighted by atomic mass is 9.97. The van der Waals surface area contributed by atoms with Gasteiger partial charge < -0.3 is 15.3 Å². The van der Waals surface area contributed by atoms with Crippen LogP contribution in [0.5, 0.6) is 5.75 Å². The Labute approximate surface area is 107 Å². The van der Waals surface area contributed by atoms with E-state index in [4.69, 9.17) is 0 Å². The first-order chi connectivity index (χ1) is 8.15. The first-order valence-electron chi connectivity index (χ1n) is 5.28. The smallest absolute Gasteiger partial charge is 0.122 e. The third-order valence-corrected chi connectivity index (χ3v) is 3.43. The lowest BCUT2D eigenvalue weighted by Crippen LogP contribution is -2.19. The standard InChI is InChI=1S/C13H13BrO3/c14-7-11(16)13(17)12-9-4-2-1-3-8(9)5-6-10(12)15/h1-6,11,13,15-17H,7H2. The highest BCUT2D eigenvalue weighted by molar-refractivity contribution is 9.09. The van der Waals surface area contributed by atoms with Crippen molar-refractivity contribution in [3.63, 3.8) is 0 Å². The van der Waals surface area contributed by atoms with Gasteiger partial charge in [0.15, 0.2) is 0 Å². The highest BCUT2D eigenvalue weighted by Crippen LogP contribution is 2.34. The highest BCUT2D eigenvalue weighted by atomic mass is 79.9. The van der Waals surface area contributed by atoms with Crippen molar-refractivity contribution in [1.82, 2.24) is 0 Å². The molecular formula is C13H13BrO3. The van der Waals surface area contributed by atoms with Crippen LogP contribution in [-0.4, -0.2) is 26.8 Å². The molecule has 0 aliphatic carbocycles. The van der Waals surface area contributed by atoms with Gasteiger partial charge in [-0.1, -0.05) is 46.3 Å². The normalized spacial score (nSPS) is 14.8. The predicted octanol–water partition coefficient (Wildman–Crippen LogP) is 2.33. The molecule has 2 rings (SSSR count). The van der Waals surface area contributed by atoms with Crippen LogP contribution in [0.2, 0.25) is 0 Å². The minimum absolute atomic E-state index is 0.00352. The third kappa shape index (κ3) is 2.29. The quantitative estimate of drug-likeness (QED) is 0.762. The van der Waals surface area contributed by atoms with E-state index in [1.807, 2.05) is 24.3 Å². The average molecular weight is 297 g/mol. The van der Waals surface area contributed by atoms with Crippen molar-refractivity contribution >= 4 is 26.7 Å². The second kappa shape index (κ2) is 5.04. The fraction of sp³-hybridized carbons (Fsp3) is 0.231. The minimum Gasteiger partial charge on any atom is -0.508 e. The molecule has 3 nitrogen and oxygen atoms in total. The summed E-state index contributed by atoms with van der Waals surface area (Å²) in [7, 11) is 0. The van der Waals surface area contributed by atoms with E-state index in [9.17, 15) is 15.3 Å². The van der Waals surface area contributed by atoms with Gasteiger partial charge in [0.1, 0.15) is 11.9 Å². The van der Waals surface area contributed by atoms with E-state index >= 15 is 0 Å². The van der Waals surface area contributed by atoms with Crippen molar-refractivity contribution in [3.05, 3.63) is 42.0 Å². The van der Waals surface area contributed by atoms with Crippen molar-refractivity contribution in [3.8, 4) is 5.75 Å². The van der Waals surface area contributed by atoms with Crippen LogP contribution in [0.15, 0.2) is 36.4 Å². The molecule has 3 N–H and O–H groups in total. The number of aliphatic hydroxyl groups excluding tert-OH is 2. The van der Waals surface area contributed by atoms with Gasteiger partial charge in [0.05, 0.1) is 6.10 Å². The van der Waals surface area contributed by atoms with E-state index in [0.29, 0.717) is 5.56 Å². The lowest BCUT2D eigenvalue weighted by Gasteiger charge is -2.19. The van der Waals surface area contributed by atoms with Crippen LogP contribution in [0.1, 0.15) is 11.7 Å². The van der Waals surface area contributed by atoms with Gasteiger partial charge in [0.25, 0.3) is 0 Å². The zero-order valence-corrected chi connectivity index (χ0v) is 10.6. The Morgan fingerprint density at radius 3 is 2.47 bits per heavy atom. The molecule has 0 saturated carbocycles. The van der Waals surface area contributed by atoms with Crippen LogP contribution in [0, 0.1) is 0 Å². The molecule has 4 heteroatoms. The third-order valence-electron chi connectivity index (χ3n) is 2.77. The molecule has 0 aromatic heterocycles. The van der Waals surface area contributed by atoms with Gasteiger partial charge in [-0.25, -0.2) is 0 Å². The van der Waals surface area contributed by atoms with E-state index in [0.717, 1.165) is 10.8 Å². The molecule has 2 aromatic carbocycles. The number of hydrogen-bond acceptors (Lipinski definition) is 3. The number of halogens is 1. The Balaban J connectivity index is 2.62. The summed E-state index contributed by atoms with van der Waals surface area (Å²) in [6, 6.07) is 10.7. The van der Waals surface area contributed by atoms with Gasteiger partial charge in [-0.3, -0.25) is 0 Å².